The Hall–Kier alpha value is -0.830. The van der Waals surface area contributed by atoms with E-state index in [-0.39, 0.29) is 11.9 Å². The maximum atomic E-state index is 11.3. The summed E-state index contributed by atoms with van der Waals surface area (Å²) in [6.07, 6.45) is 4.31. The molecule has 0 aromatic rings. The van der Waals surface area contributed by atoms with Gasteiger partial charge in [-0.15, -0.1) is 6.58 Å². The van der Waals surface area contributed by atoms with E-state index in [2.05, 4.69) is 17.2 Å². The van der Waals surface area contributed by atoms with Crippen LogP contribution in [-0.4, -0.2) is 25.0 Å². The van der Waals surface area contributed by atoms with Gasteiger partial charge in [0, 0.05) is 6.54 Å². The molecular formula is C10H18N2O. The largest absolute Gasteiger partial charge is 0.351 e. The zero-order valence-corrected chi connectivity index (χ0v) is 8.18. The van der Waals surface area contributed by atoms with Crippen LogP contribution >= 0.6 is 0 Å². The minimum atomic E-state index is -0.0828. The molecule has 13 heavy (non-hydrogen) atoms. The number of nitrogens with one attached hydrogen (secondary N) is 2. The van der Waals surface area contributed by atoms with E-state index in [1.165, 1.54) is 12.8 Å². The van der Waals surface area contributed by atoms with Crippen molar-refractivity contribution in [3.8, 4) is 0 Å². The Balaban J connectivity index is 2.08. The highest BCUT2D eigenvalue weighted by Gasteiger charge is 2.22. The molecule has 1 atom stereocenters. The minimum Gasteiger partial charge on any atom is -0.351 e. The predicted octanol–water partition coefficient (Wildman–Crippen LogP) is 0.677. The average Bonchev–Trinajstić information content (AvgIpc) is 2.93. The second kappa shape index (κ2) is 5.02. The van der Waals surface area contributed by atoms with Crippen molar-refractivity contribution in [1.29, 1.82) is 0 Å². The first-order valence-corrected chi connectivity index (χ1v) is 4.86. The molecule has 0 radical (unpaired) electrons. The van der Waals surface area contributed by atoms with Gasteiger partial charge in [-0.1, -0.05) is 6.08 Å². The standard InChI is InChI=1S/C10H18N2O/c1-3-6-11-10(13)8(2)12-7-9-4-5-9/h3,8-9,12H,1,4-7H2,2H3,(H,11,13). The summed E-state index contributed by atoms with van der Waals surface area (Å²) in [6.45, 7) is 6.96. The van der Waals surface area contributed by atoms with Crippen LogP contribution < -0.4 is 10.6 Å². The van der Waals surface area contributed by atoms with Crippen LogP contribution in [0.4, 0.5) is 0 Å². The first-order valence-electron chi connectivity index (χ1n) is 4.86. The van der Waals surface area contributed by atoms with E-state index in [4.69, 9.17) is 0 Å². The van der Waals surface area contributed by atoms with Gasteiger partial charge >= 0.3 is 0 Å². The predicted molar refractivity (Wildman–Crippen MR) is 53.4 cm³/mol. The molecule has 74 valence electrons. The zero-order chi connectivity index (χ0) is 9.68. The Morgan fingerprint density at radius 2 is 2.38 bits per heavy atom. The molecule has 1 rings (SSSR count). The molecule has 1 fully saturated rings. The topological polar surface area (TPSA) is 41.1 Å². The van der Waals surface area contributed by atoms with E-state index in [0.717, 1.165) is 12.5 Å². The van der Waals surface area contributed by atoms with E-state index >= 15 is 0 Å². The molecule has 0 saturated heterocycles. The molecule has 1 unspecified atom stereocenters. The number of amides is 1. The van der Waals surface area contributed by atoms with Gasteiger partial charge in [0.2, 0.25) is 5.91 Å². The quantitative estimate of drug-likeness (QED) is 0.593. The number of carbonyl (C=O) groups is 1. The summed E-state index contributed by atoms with van der Waals surface area (Å²) < 4.78 is 0. The van der Waals surface area contributed by atoms with Gasteiger partial charge in [-0.2, -0.15) is 0 Å². The lowest BCUT2D eigenvalue weighted by molar-refractivity contribution is -0.122. The Labute approximate surface area is 79.6 Å². The van der Waals surface area contributed by atoms with Crippen LogP contribution in [0.25, 0.3) is 0 Å². The molecule has 1 amide bonds. The monoisotopic (exact) mass is 182 g/mol. The van der Waals surface area contributed by atoms with Crippen molar-refractivity contribution in [2.24, 2.45) is 5.92 Å². The Morgan fingerprint density at radius 1 is 1.69 bits per heavy atom. The van der Waals surface area contributed by atoms with E-state index in [1.807, 2.05) is 6.92 Å². The molecule has 2 N–H and O–H groups in total. The fourth-order valence-electron chi connectivity index (χ4n) is 1.08. The van der Waals surface area contributed by atoms with E-state index in [0.29, 0.717) is 6.54 Å². The second-order valence-corrected chi connectivity index (χ2v) is 3.61. The third-order valence-electron chi connectivity index (χ3n) is 2.22. The average molecular weight is 182 g/mol. The molecule has 0 aromatic heterocycles. The second-order valence-electron chi connectivity index (χ2n) is 3.61. The van der Waals surface area contributed by atoms with Crippen LogP contribution in [0.5, 0.6) is 0 Å². The van der Waals surface area contributed by atoms with Gasteiger partial charge in [-0.3, -0.25) is 4.79 Å². The molecule has 0 aliphatic heterocycles. The summed E-state index contributed by atoms with van der Waals surface area (Å²) >= 11 is 0. The molecule has 0 spiro atoms. The van der Waals surface area contributed by atoms with Crippen LogP contribution in [0.1, 0.15) is 19.8 Å². The Kier molecular flexibility index (Phi) is 3.96. The van der Waals surface area contributed by atoms with Gasteiger partial charge in [0.25, 0.3) is 0 Å². The summed E-state index contributed by atoms with van der Waals surface area (Å²) in [6, 6.07) is -0.0828. The van der Waals surface area contributed by atoms with E-state index in [9.17, 15) is 4.79 Å². The number of carbonyl (C=O) groups excluding carboxylic acids is 1. The molecular weight excluding hydrogens is 164 g/mol. The first kappa shape index (κ1) is 10.3. The van der Waals surface area contributed by atoms with Crippen LogP contribution in [-0.2, 0) is 4.79 Å². The summed E-state index contributed by atoms with van der Waals surface area (Å²) in [5.41, 5.74) is 0. The third kappa shape index (κ3) is 4.08. The molecule has 1 saturated carbocycles. The highest BCUT2D eigenvalue weighted by atomic mass is 16.2. The van der Waals surface area contributed by atoms with Crippen LogP contribution in [0.3, 0.4) is 0 Å². The van der Waals surface area contributed by atoms with Crippen LogP contribution in [0, 0.1) is 5.92 Å². The van der Waals surface area contributed by atoms with Crippen LogP contribution in [0.15, 0.2) is 12.7 Å². The normalized spacial score (nSPS) is 17.9. The van der Waals surface area contributed by atoms with E-state index < -0.39 is 0 Å². The van der Waals surface area contributed by atoms with Crippen molar-refractivity contribution in [2.45, 2.75) is 25.8 Å². The third-order valence-corrected chi connectivity index (χ3v) is 2.22. The number of rotatable bonds is 6. The van der Waals surface area contributed by atoms with Gasteiger partial charge in [0.05, 0.1) is 6.04 Å². The van der Waals surface area contributed by atoms with Gasteiger partial charge in [-0.05, 0) is 32.2 Å². The summed E-state index contributed by atoms with van der Waals surface area (Å²) in [5, 5.41) is 5.96. The maximum Gasteiger partial charge on any atom is 0.237 e. The van der Waals surface area contributed by atoms with Crippen molar-refractivity contribution >= 4 is 5.91 Å². The minimum absolute atomic E-state index is 0.0561. The highest BCUT2D eigenvalue weighted by Crippen LogP contribution is 2.27. The highest BCUT2D eigenvalue weighted by molar-refractivity contribution is 5.81. The van der Waals surface area contributed by atoms with Crippen molar-refractivity contribution in [2.75, 3.05) is 13.1 Å². The molecule has 0 bridgehead atoms. The first-order chi connectivity index (χ1) is 6.24. The summed E-state index contributed by atoms with van der Waals surface area (Å²) in [4.78, 5) is 11.3. The molecule has 1 aliphatic rings. The van der Waals surface area contributed by atoms with Gasteiger partial charge < -0.3 is 10.6 Å². The lowest BCUT2D eigenvalue weighted by Crippen LogP contribution is -2.42. The van der Waals surface area contributed by atoms with Crippen LogP contribution in [0.2, 0.25) is 0 Å². The molecule has 3 nitrogen and oxygen atoms in total. The fraction of sp³-hybridized carbons (Fsp3) is 0.700. The van der Waals surface area contributed by atoms with Gasteiger partial charge in [-0.25, -0.2) is 0 Å². The van der Waals surface area contributed by atoms with Gasteiger partial charge in [0.1, 0.15) is 0 Å². The summed E-state index contributed by atoms with van der Waals surface area (Å²) in [5.74, 6) is 0.871. The van der Waals surface area contributed by atoms with Crippen molar-refractivity contribution in [3.05, 3.63) is 12.7 Å². The molecule has 0 aromatic carbocycles. The lowest BCUT2D eigenvalue weighted by Gasteiger charge is -2.12. The van der Waals surface area contributed by atoms with Crippen molar-refractivity contribution in [3.63, 3.8) is 0 Å². The zero-order valence-electron chi connectivity index (χ0n) is 8.18. The summed E-state index contributed by atoms with van der Waals surface area (Å²) in [7, 11) is 0. The molecule has 3 heteroatoms. The van der Waals surface area contributed by atoms with E-state index in [1.54, 1.807) is 6.08 Å². The fourth-order valence-corrected chi connectivity index (χ4v) is 1.08. The van der Waals surface area contributed by atoms with Crippen molar-refractivity contribution < 1.29 is 4.79 Å². The van der Waals surface area contributed by atoms with Crippen molar-refractivity contribution in [1.82, 2.24) is 10.6 Å². The molecule has 1 aliphatic carbocycles. The Bertz CT molecular complexity index is 187. The SMILES string of the molecule is C=CCNC(=O)C(C)NCC1CC1. The van der Waals surface area contributed by atoms with Gasteiger partial charge in [0.15, 0.2) is 0 Å². The lowest BCUT2D eigenvalue weighted by atomic mass is 10.3. The Morgan fingerprint density at radius 3 is 2.92 bits per heavy atom. The number of hydrogen-bond acceptors (Lipinski definition) is 2. The molecule has 0 heterocycles. The smallest absolute Gasteiger partial charge is 0.237 e. The number of hydrogen-bond donors (Lipinski definition) is 2. The maximum absolute atomic E-state index is 11.3.